The van der Waals surface area contributed by atoms with E-state index in [0.29, 0.717) is 12.0 Å². The summed E-state index contributed by atoms with van der Waals surface area (Å²) < 4.78 is 17.3. The first kappa shape index (κ1) is 21.9. The van der Waals surface area contributed by atoms with Crippen LogP contribution in [0.5, 0.6) is 0 Å². The van der Waals surface area contributed by atoms with Crippen LogP contribution in [-0.2, 0) is 15.9 Å². The van der Waals surface area contributed by atoms with Gasteiger partial charge in [0, 0.05) is 45.2 Å². The molecular weight excluding hydrogens is 469 g/mol. The summed E-state index contributed by atoms with van der Waals surface area (Å²) in [6.45, 7) is 5.46. The van der Waals surface area contributed by atoms with Crippen molar-refractivity contribution in [3.63, 3.8) is 0 Å². The van der Waals surface area contributed by atoms with Crippen molar-refractivity contribution in [1.82, 2.24) is 10.2 Å². The van der Waals surface area contributed by atoms with Gasteiger partial charge in [-0.15, -0.1) is 24.0 Å². The fourth-order valence-electron chi connectivity index (χ4n) is 4.44. The van der Waals surface area contributed by atoms with Crippen molar-refractivity contribution in [2.75, 3.05) is 39.4 Å². The van der Waals surface area contributed by atoms with E-state index in [0.717, 1.165) is 70.4 Å². The predicted octanol–water partition coefficient (Wildman–Crippen LogP) is 3.46. The minimum absolute atomic E-state index is 0. The second kappa shape index (κ2) is 11.4. The number of hydrogen-bond donors (Lipinski definition) is 1. The maximum Gasteiger partial charge on any atom is 0.194 e. The SMILES string of the molecule is I.c1coc(CCNC(=NCC2CCCCO2)N2CCC3OCCCC3C2)c1. The van der Waals surface area contributed by atoms with Gasteiger partial charge < -0.3 is 24.1 Å². The summed E-state index contributed by atoms with van der Waals surface area (Å²) in [5, 5.41) is 3.58. The lowest BCUT2D eigenvalue weighted by Crippen LogP contribution is -2.52. The van der Waals surface area contributed by atoms with Crippen LogP contribution in [0.25, 0.3) is 0 Å². The number of rotatable bonds is 5. The number of likely N-dealkylation sites (tertiary alicyclic amines) is 1. The lowest BCUT2D eigenvalue weighted by molar-refractivity contribution is -0.0560. The third-order valence-corrected chi connectivity index (χ3v) is 5.97. The number of aliphatic imine (C=N–C) groups is 1. The van der Waals surface area contributed by atoms with Crippen LogP contribution in [0.3, 0.4) is 0 Å². The van der Waals surface area contributed by atoms with Gasteiger partial charge in [-0.2, -0.15) is 0 Å². The van der Waals surface area contributed by atoms with Crippen molar-refractivity contribution in [1.29, 1.82) is 0 Å². The summed E-state index contributed by atoms with van der Waals surface area (Å²) in [6.07, 6.45) is 10.4. The van der Waals surface area contributed by atoms with E-state index in [2.05, 4.69) is 10.2 Å². The maximum absolute atomic E-state index is 5.98. The molecular formula is C21H34IN3O3. The van der Waals surface area contributed by atoms with Gasteiger partial charge in [-0.1, -0.05) is 0 Å². The summed E-state index contributed by atoms with van der Waals surface area (Å²) in [4.78, 5) is 7.39. The maximum atomic E-state index is 5.98. The Bertz CT molecular complexity index is 590. The van der Waals surface area contributed by atoms with E-state index in [1.807, 2.05) is 12.1 Å². The Balaban J connectivity index is 0.00000225. The molecule has 0 spiro atoms. The molecule has 0 amide bonds. The van der Waals surface area contributed by atoms with Gasteiger partial charge in [-0.05, 0) is 50.7 Å². The van der Waals surface area contributed by atoms with Gasteiger partial charge in [0.15, 0.2) is 5.96 Å². The number of piperidine rings is 1. The van der Waals surface area contributed by atoms with Crippen LogP contribution in [0.1, 0.15) is 44.3 Å². The number of nitrogens with one attached hydrogen (secondary N) is 1. The van der Waals surface area contributed by atoms with E-state index < -0.39 is 0 Å². The van der Waals surface area contributed by atoms with Gasteiger partial charge in [0.1, 0.15) is 5.76 Å². The third-order valence-electron chi connectivity index (χ3n) is 5.97. The number of nitrogens with zero attached hydrogens (tertiary/aromatic N) is 2. The summed E-state index contributed by atoms with van der Waals surface area (Å²) in [5.41, 5.74) is 0. The Morgan fingerprint density at radius 3 is 2.89 bits per heavy atom. The molecule has 1 aromatic heterocycles. The molecule has 28 heavy (non-hydrogen) atoms. The van der Waals surface area contributed by atoms with Gasteiger partial charge in [0.2, 0.25) is 0 Å². The Labute approximate surface area is 185 Å². The molecule has 0 aromatic carbocycles. The van der Waals surface area contributed by atoms with Crippen molar-refractivity contribution in [2.24, 2.45) is 10.9 Å². The van der Waals surface area contributed by atoms with Crippen LogP contribution in [0.15, 0.2) is 27.8 Å². The van der Waals surface area contributed by atoms with E-state index in [1.54, 1.807) is 6.26 Å². The molecule has 1 aromatic rings. The molecule has 3 fully saturated rings. The highest BCUT2D eigenvalue weighted by Crippen LogP contribution is 2.28. The Kier molecular flexibility index (Phi) is 8.92. The van der Waals surface area contributed by atoms with Crippen LogP contribution in [0.4, 0.5) is 0 Å². The molecule has 3 aliphatic rings. The summed E-state index contributed by atoms with van der Waals surface area (Å²) in [6, 6.07) is 3.97. The van der Waals surface area contributed by atoms with Crippen molar-refractivity contribution >= 4 is 29.9 Å². The van der Waals surface area contributed by atoms with Crippen molar-refractivity contribution in [3.8, 4) is 0 Å². The summed E-state index contributed by atoms with van der Waals surface area (Å²) >= 11 is 0. The molecule has 1 N–H and O–H groups in total. The van der Waals surface area contributed by atoms with Gasteiger partial charge in [0.05, 0.1) is 25.0 Å². The number of furan rings is 1. The monoisotopic (exact) mass is 503 g/mol. The smallest absolute Gasteiger partial charge is 0.194 e. The van der Waals surface area contributed by atoms with Gasteiger partial charge >= 0.3 is 0 Å². The molecule has 3 unspecified atom stereocenters. The Hall–Kier alpha value is -0.800. The summed E-state index contributed by atoms with van der Waals surface area (Å²) in [7, 11) is 0. The van der Waals surface area contributed by atoms with Crippen molar-refractivity contribution < 1.29 is 13.9 Å². The number of halogens is 1. The second-order valence-corrected chi connectivity index (χ2v) is 7.96. The number of guanidine groups is 1. The molecule has 3 atom stereocenters. The minimum atomic E-state index is 0. The third kappa shape index (κ3) is 6.10. The number of hydrogen-bond acceptors (Lipinski definition) is 4. The fraction of sp³-hybridized carbons (Fsp3) is 0.762. The number of ether oxygens (including phenoxy) is 2. The molecule has 4 heterocycles. The highest BCUT2D eigenvalue weighted by Gasteiger charge is 2.33. The van der Waals surface area contributed by atoms with E-state index in [-0.39, 0.29) is 30.1 Å². The Morgan fingerprint density at radius 1 is 1.14 bits per heavy atom. The lowest BCUT2D eigenvalue weighted by atomic mass is 9.88. The predicted molar refractivity (Wildman–Crippen MR) is 120 cm³/mol. The van der Waals surface area contributed by atoms with Crippen molar-refractivity contribution in [2.45, 2.75) is 57.2 Å². The van der Waals surface area contributed by atoms with Crippen molar-refractivity contribution in [3.05, 3.63) is 24.2 Å². The highest BCUT2D eigenvalue weighted by molar-refractivity contribution is 14.0. The standard InChI is InChI=1S/C21H33N3O3.HI/c1-2-12-26-19(6-1)15-23-21(22-10-8-18-7-4-13-25-18)24-11-9-20-17(16-24)5-3-14-27-20;/h4,7,13,17,19-20H,1-3,5-6,8-12,14-16H2,(H,22,23);1H. The van der Waals surface area contributed by atoms with Crippen LogP contribution in [0.2, 0.25) is 0 Å². The van der Waals surface area contributed by atoms with Crippen LogP contribution >= 0.6 is 24.0 Å². The number of fused-ring (bicyclic) bond motifs is 1. The molecule has 6 nitrogen and oxygen atoms in total. The average Bonchev–Trinajstić information content (AvgIpc) is 3.24. The zero-order chi connectivity index (χ0) is 18.3. The second-order valence-electron chi connectivity index (χ2n) is 7.96. The zero-order valence-electron chi connectivity index (χ0n) is 16.7. The van der Waals surface area contributed by atoms with E-state index >= 15 is 0 Å². The van der Waals surface area contributed by atoms with E-state index in [1.165, 1.54) is 25.7 Å². The van der Waals surface area contributed by atoms with Crippen LogP contribution < -0.4 is 5.32 Å². The molecule has 7 heteroatoms. The van der Waals surface area contributed by atoms with Crippen LogP contribution in [-0.4, -0.2) is 62.5 Å². The van der Waals surface area contributed by atoms with Gasteiger partial charge in [-0.25, -0.2) is 0 Å². The average molecular weight is 503 g/mol. The molecule has 4 rings (SSSR count). The molecule has 3 saturated heterocycles. The molecule has 0 radical (unpaired) electrons. The summed E-state index contributed by atoms with van der Waals surface area (Å²) in [5.74, 6) is 2.67. The van der Waals surface area contributed by atoms with Gasteiger partial charge in [0.25, 0.3) is 0 Å². The quantitative estimate of drug-likeness (QED) is 0.379. The highest BCUT2D eigenvalue weighted by atomic mass is 127. The molecule has 0 saturated carbocycles. The molecule has 0 bridgehead atoms. The molecule has 3 aliphatic heterocycles. The van der Waals surface area contributed by atoms with E-state index in [9.17, 15) is 0 Å². The normalized spacial score (nSPS) is 28.4. The van der Waals surface area contributed by atoms with Gasteiger partial charge in [-0.3, -0.25) is 4.99 Å². The van der Waals surface area contributed by atoms with Crippen LogP contribution in [0, 0.1) is 5.92 Å². The first-order valence-corrected chi connectivity index (χ1v) is 10.7. The zero-order valence-corrected chi connectivity index (χ0v) is 19.0. The molecule has 158 valence electrons. The van der Waals surface area contributed by atoms with E-state index in [4.69, 9.17) is 18.9 Å². The lowest BCUT2D eigenvalue weighted by Gasteiger charge is -2.42. The first-order valence-electron chi connectivity index (χ1n) is 10.7. The largest absolute Gasteiger partial charge is 0.469 e. The fourth-order valence-corrected chi connectivity index (χ4v) is 4.44. The first-order chi connectivity index (χ1) is 13.4. The minimum Gasteiger partial charge on any atom is -0.469 e. The Morgan fingerprint density at radius 2 is 2.07 bits per heavy atom. The topological polar surface area (TPSA) is 59.2 Å². The molecule has 0 aliphatic carbocycles.